The first-order valence-electron chi connectivity index (χ1n) is 5.82. The second kappa shape index (κ2) is 9.43. The Morgan fingerprint density at radius 2 is 1.85 bits per heavy atom. The minimum Gasteiger partial charge on any atom is -0.508 e. The number of benzene rings is 1. The van der Waals surface area contributed by atoms with Gasteiger partial charge in [0.05, 0.1) is 6.04 Å². The van der Waals surface area contributed by atoms with Crippen molar-refractivity contribution in [1.82, 2.24) is 10.2 Å². The van der Waals surface area contributed by atoms with Gasteiger partial charge in [0.2, 0.25) is 0 Å². The average molecular weight is 455 g/mol. The molecule has 0 unspecified atom stereocenters. The number of piperazine rings is 1. The van der Waals surface area contributed by atoms with E-state index in [0.717, 1.165) is 35.1 Å². The highest BCUT2D eigenvalue weighted by Gasteiger charge is 2.26. The highest BCUT2D eigenvalue weighted by molar-refractivity contribution is 9.11. The molecule has 1 aromatic rings. The summed E-state index contributed by atoms with van der Waals surface area (Å²) in [7, 11) is 0. The lowest BCUT2D eigenvalue weighted by atomic mass is 10.0. The summed E-state index contributed by atoms with van der Waals surface area (Å²) in [6.45, 7) is 2.78. The van der Waals surface area contributed by atoms with Crippen LogP contribution in [0.15, 0.2) is 21.1 Å². The van der Waals surface area contributed by atoms with E-state index in [9.17, 15) is 9.50 Å². The zero-order valence-corrected chi connectivity index (χ0v) is 15.4. The van der Waals surface area contributed by atoms with Crippen molar-refractivity contribution in [2.45, 2.75) is 6.04 Å². The van der Waals surface area contributed by atoms with E-state index >= 15 is 0 Å². The molecule has 0 aromatic heterocycles. The third-order valence-electron chi connectivity index (χ3n) is 3.14. The molecule has 116 valence electrons. The van der Waals surface area contributed by atoms with Crippen LogP contribution in [0.25, 0.3) is 0 Å². The van der Waals surface area contributed by atoms with Crippen LogP contribution in [0.5, 0.6) is 5.75 Å². The maximum absolute atomic E-state index is 13.4. The Morgan fingerprint density at radius 1 is 1.25 bits per heavy atom. The summed E-state index contributed by atoms with van der Waals surface area (Å²) in [6.07, 6.45) is 0. The molecule has 1 saturated heterocycles. The second-order valence-electron chi connectivity index (χ2n) is 4.28. The standard InChI is InChI=1S/C12H15Br2FN2O.2ClH/c13-8-5-9(14)12(11(18)6-8)10(7-15)17-3-1-16-2-4-17;;/h5-6,10,16,18H,1-4,7H2;2*1H/t10-;;/m1../s1. The molecule has 1 aliphatic heterocycles. The van der Waals surface area contributed by atoms with Crippen LogP contribution in [0.3, 0.4) is 0 Å². The third-order valence-corrected chi connectivity index (χ3v) is 4.26. The summed E-state index contributed by atoms with van der Waals surface area (Å²) >= 11 is 6.71. The van der Waals surface area contributed by atoms with E-state index < -0.39 is 12.7 Å². The van der Waals surface area contributed by atoms with Crippen molar-refractivity contribution in [1.29, 1.82) is 0 Å². The van der Waals surface area contributed by atoms with Gasteiger partial charge in [-0.05, 0) is 12.1 Å². The summed E-state index contributed by atoms with van der Waals surface area (Å²) < 4.78 is 14.9. The lowest BCUT2D eigenvalue weighted by molar-refractivity contribution is 0.144. The van der Waals surface area contributed by atoms with Crippen molar-refractivity contribution < 1.29 is 9.50 Å². The molecule has 2 N–H and O–H groups in total. The molecule has 0 saturated carbocycles. The summed E-state index contributed by atoms with van der Waals surface area (Å²) in [5.74, 6) is 0.123. The Kier molecular flexibility index (Phi) is 9.63. The predicted octanol–water partition coefficient (Wildman–Crippen LogP) is 3.68. The molecule has 0 aliphatic carbocycles. The van der Waals surface area contributed by atoms with Crippen molar-refractivity contribution >= 4 is 56.7 Å². The Hall–Kier alpha value is 0.410. The van der Waals surface area contributed by atoms with Crippen LogP contribution < -0.4 is 5.32 Å². The monoisotopic (exact) mass is 452 g/mol. The molecule has 1 fully saturated rings. The number of hydrogen-bond donors (Lipinski definition) is 2. The van der Waals surface area contributed by atoms with Gasteiger partial charge in [-0.2, -0.15) is 0 Å². The van der Waals surface area contributed by atoms with Crippen LogP contribution in [-0.4, -0.2) is 42.9 Å². The van der Waals surface area contributed by atoms with Gasteiger partial charge in [-0.15, -0.1) is 24.8 Å². The van der Waals surface area contributed by atoms with Gasteiger partial charge in [0.15, 0.2) is 0 Å². The van der Waals surface area contributed by atoms with Gasteiger partial charge >= 0.3 is 0 Å². The minimum absolute atomic E-state index is 0. The smallest absolute Gasteiger partial charge is 0.122 e. The molecule has 1 aliphatic rings. The largest absolute Gasteiger partial charge is 0.508 e. The molecule has 2 rings (SSSR count). The summed E-state index contributed by atoms with van der Waals surface area (Å²) in [4.78, 5) is 2.06. The van der Waals surface area contributed by atoms with Crippen molar-refractivity contribution in [3.8, 4) is 5.75 Å². The maximum Gasteiger partial charge on any atom is 0.122 e. The molecule has 0 bridgehead atoms. The first-order valence-corrected chi connectivity index (χ1v) is 7.40. The van der Waals surface area contributed by atoms with E-state index in [1.807, 2.05) is 6.07 Å². The minimum atomic E-state index is -0.506. The maximum atomic E-state index is 13.4. The van der Waals surface area contributed by atoms with Crippen LogP contribution in [-0.2, 0) is 0 Å². The number of rotatable bonds is 3. The second-order valence-corrected chi connectivity index (χ2v) is 6.05. The van der Waals surface area contributed by atoms with Gasteiger partial charge in [-0.25, -0.2) is 4.39 Å². The van der Waals surface area contributed by atoms with Crippen molar-refractivity contribution in [3.63, 3.8) is 0 Å². The Bertz CT molecular complexity index is 411. The lowest BCUT2D eigenvalue weighted by Gasteiger charge is -2.34. The van der Waals surface area contributed by atoms with Gasteiger partial charge in [0.1, 0.15) is 12.4 Å². The van der Waals surface area contributed by atoms with Gasteiger partial charge in [-0.1, -0.05) is 31.9 Å². The zero-order chi connectivity index (χ0) is 13.1. The lowest BCUT2D eigenvalue weighted by Crippen LogP contribution is -2.45. The third kappa shape index (κ3) is 4.71. The first-order chi connectivity index (χ1) is 8.63. The molecule has 20 heavy (non-hydrogen) atoms. The Balaban J connectivity index is 0.00000180. The van der Waals surface area contributed by atoms with E-state index in [2.05, 4.69) is 42.1 Å². The van der Waals surface area contributed by atoms with Gasteiger partial charge in [-0.3, -0.25) is 4.90 Å². The average Bonchev–Trinajstić information content (AvgIpc) is 2.34. The molecule has 8 heteroatoms. The van der Waals surface area contributed by atoms with E-state index in [1.165, 1.54) is 0 Å². The summed E-state index contributed by atoms with van der Waals surface area (Å²) in [5, 5.41) is 13.3. The van der Waals surface area contributed by atoms with Crippen LogP contribution in [0.2, 0.25) is 0 Å². The highest BCUT2D eigenvalue weighted by Crippen LogP contribution is 2.37. The molecular weight excluding hydrogens is 438 g/mol. The molecular formula is C12H17Br2Cl2FN2O. The fourth-order valence-electron chi connectivity index (χ4n) is 2.25. The first kappa shape index (κ1) is 20.4. The normalized spacial score (nSPS) is 16.9. The van der Waals surface area contributed by atoms with Gasteiger partial charge in [0.25, 0.3) is 0 Å². The van der Waals surface area contributed by atoms with Crippen LogP contribution in [0, 0.1) is 0 Å². The fourth-order valence-corrected chi connectivity index (χ4v) is 3.72. The highest BCUT2D eigenvalue weighted by atomic mass is 79.9. The number of nitrogens with one attached hydrogen (secondary N) is 1. The number of hydrogen-bond acceptors (Lipinski definition) is 3. The quantitative estimate of drug-likeness (QED) is 0.731. The zero-order valence-electron chi connectivity index (χ0n) is 10.6. The van der Waals surface area contributed by atoms with E-state index in [-0.39, 0.29) is 30.6 Å². The molecule has 1 aromatic carbocycles. The van der Waals surface area contributed by atoms with Crippen molar-refractivity contribution in [3.05, 3.63) is 26.6 Å². The Morgan fingerprint density at radius 3 is 2.35 bits per heavy atom. The molecule has 1 atom stereocenters. The number of alkyl halides is 1. The van der Waals surface area contributed by atoms with Crippen LogP contribution in [0.4, 0.5) is 4.39 Å². The van der Waals surface area contributed by atoms with E-state index in [1.54, 1.807) is 6.07 Å². The molecule has 0 amide bonds. The van der Waals surface area contributed by atoms with Crippen molar-refractivity contribution in [2.75, 3.05) is 32.9 Å². The fraction of sp³-hybridized carbons (Fsp3) is 0.500. The van der Waals surface area contributed by atoms with Crippen LogP contribution >= 0.6 is 56.7 Å². The van der Waals surface area contributed by atoms with Crippen molar-refractivity contribution in [2.24, 2.45) is 0 Å². The topological polar surface area (TPSA) is 35.5 Å². The molecule has 3 nitrogen and oxygen atoms in total. The van der Waals surface area contributed by atoms with Gasteiger partial charge in [0, 0.05) is 40.7 Å². The number of phenolic OH excluding ortho intramolecular Hbond substituents is 1. The number of aromatic hydroxyl groups is 1. The van der Waals surface area contributed by atoms with Crippen LogP contribution in [0.1, 0.15) is 11.6 Å². The molecule has 1 heterocycles. The molecule has 0 spiro atoms. The van der Waals surface area contributed by atoms with Gasteiger partial charge < -0.3 is 10.4 Å². The van der Waals surface area contributed by atoms with E-state index in [0.29, 0.717) is 5.56 Å². The number of halogens is 5. The summed E-state index contributed by atoms with van der Waals surface area (Å²) in [6, 6.07) is 3.04. The number of nitrogens with zero attached hydrogens (tertiary/aromatic N) is 1. The number of phenols is 1. The molecule has 0 radical (unpaired) electrons. The SMILES string of the molecule is Cl.Cl.Oc1cc(Br)cc(Br)c1[C@@H](CF)N1CCNCC1. The predicted molar refractivity (Wildman–Crippen MR) is 91.2 cm³/mol. The van der Waals surface area contributed by atoms with E-state index in [4.69, 9.17) is 0 Å². The Labute approximate surface area is 147 Å². The summed E-state index contributed by atoms with van der Waals surface area (Å²) in [5.41, 5.74) is 0.627.